The van der Waals surface area contributed by atoms with Gasteiger partial charge in [0.15, 0.2) is 0 Å². The van der Waals surface area contributed by atoms with Crippen molar-refractivity contribution < 1.29 is 9.59 Å². The maximum Gasteiger partial charge on any atom is 0.319 e. The van der Waals surface area contributed by atoms with Crippen LogP contribution in [0.25, 0.3) is 0 Å². The van der Waals surface area contributed by atoms with Gasteiger partial charge in [-0.15, -0.1) is 11.8 Å². The first kappa shape index (κ1) is 18.1. The molecule has 1 aromatic rings. The first-order valence-electron chi connectivity index (χ1n) is 9.23. The van der Waals surface area contributed by atoms with E-state index in [9.17, 15) is 9.59 Å². The molecule has 136 valence electrons. The third-order valence-electron chi connectivity index (χ3n) is 4.77. The average molecular weight is 362 g/mol. The zero-order chi connectivity index (χ0) is 17.6. The summed E-state index contributed by atoms with van der Waals surface area (Å²) in [7, 11) is 0. The number of anilines is 1. The van der Waals surface area contributed by atoms with E-state index in [2.05, 4.69) is 16.7 Å². The zero-order valence-corrected chi connectivity index (χ0v) is 15.6. The largest absolute Gasteiger partial charge is 0.341 e. The van der Waals surface area contributed by atoms with Gasteiger partial charge < -0.3 is 15.5 Å². The molecule has 2 N–H and O–H groups in total. The lowest BCUT2D eigenvalue weighted by molar-refractivity contribution is -0.127. The van der Waals surface area contributed by atoms with Crippen LogP contribution in [0.2, 0.25) is 0 Å². The molecule has 0 bridgehead atoms. The predicted octanol–water partition coefficient (Wildman–Crippen LogP) is 3.85. The molecule has 5 nitrogen and oxygen atoms in total. The fourth-order valence-corrected chi connectivity index (χ4v) is 4.85. The van der Waals surface area contributed by atoms with Crippen LogP contribution in [0.4, 0.5) is 10.5 Å². The first-order valence-corrected chi connectivity index (χ1v) is 10.1. The summed E-state index contributed by atoms with van der Waals surface area (Å²) in [5.41, 5.74) is 0.862. The Bertz CT molecular complexity index is 616. The molecule has 1 aliphatic heterocycles. The molecule has 1 heterocycles. The second kappa shape index (κ2) is 8.61. The summed E-state index contributed by atoms with van der Waals surface area (Å²) in [6, 6.07) is 7.70. The van der Waals surface area contributed by atoms with Gasteiger partial charge in [0.05, 0.1) is 5.69 Å². The second-order valence-electron chi connectivity index (χ2n) is 6.96. The number of hydrogen-bond donors (Lipinski definition) is 2. The summed E-state index contributed by atoms with van der Waals surface area (Å²) < 4.78 is 0. The van der Waals surface area contributed by atoms with Crippen LogP contribution >= 0.6 is 11.8 Å². The SMILES string of the molecule is C[C@@H](CN1CCCC1=O)NC(=O)Nc1ccccc1SC1CCCC1. The number of carbonyl (C=O) groups is 2. The van der Waals surface area contributed by atoms with Gasteiger partial charge in [-0.3, -0.25) is 4.79 Å². The highest BCUT2D eigenvalue weighted by atomic mass is 32.2. The monoisotopic (exact) mass is 361 g/mol. The molecule has 2 aliphatic rings. The lowest BCUT2D eigenvalue weighted by Gasteiger charge is -2.22. The number of urea groups is 1. The van der Waals surface area contributed by atoms with Gasteiger partial charge in [-0.05, 0) is 38.3 Å². The predicted molar refractivity (Wildman–Crippen MR) is 102 cm³/mol. The minimum absolute atomic E-state index is 0.0725. The Morgan fingerprint density at radius 1 is 1.28 bits per heavy atom. The zero-order valence-electron chi connectivity index (χ0n) is 14.8. The lowest BCUT2D eigenvalue weighted by atomic mass is 10.3. The number of likely N-dealkylation sites (tertiary alicyclic amines) is 1. The van der Waals surface area contributed by atoms with Crippen LogP contribution in [0.5, 0.6) is 0 Å². The molecule has 1 atom stereocenters. The molecule has 1 aliphatic carbocycles. The summed E-state index contributed by atoms with van der Waals surface area (Å²) in [6.07, 6.45) is 6.67. The molecule has 3 amide bonds. The smallest absolute Gasteiger partial charge is 0.319 e. The van der Waals surface area contributed by atoms with Gasteiger partial charge in [0.2, 0.25) is 5.91 Å². The molecule has 25 heavy (non-hydrogen) atoms. The van der Waals surface area contributed by atoms with Gasteiger partial charge in [0.1, 0.15) is 0 Å². The third kappa shape index (κ3) is 5.14. The summed E-state index contributed by atoms with van der Waals surface area (Å²) in [5, 5.41) is 6.58. The average Bonchev–Trinajstić information content (AvgIpc) is 3.22. The summed E-state index contributed by atoms with van der Waals surface area (Å²) in [6.45, 7) is 3.31. The van der Waals surface area contributed by atoms with E-state index in [4.69, 9.17) is 0 Å². The van der Waals surface area contributed by atoms with Crippen LogP contribution in [0.1, 0.15) is 45.4 Å². The van der Waals surface area contributed by atoms with Crippen molar-refractivity contribution in [3.63, 3.8) is 0 Å². The summed E-state index contributed by atoms with van der Waals surface area (Å²) >= 11 is 1.87. The van der Waals surface area contributed by atoms with Gasteiger partial charge in [-0.2, -0.15) is 0 Å². The molecule has 3 rings (SSSR count). The summed E-state index contributed by atoms with van der Waals surface area (Å²) in [5.74, 6) is 0.187. The molecular formula is C19H27N3O2S. The Hall–Kier alpha value is -1.69. The van der Waals surface area contributed by atoms with E-state index in [-0.39, 0.29) is 18.0 Å². The van der Waals surface area contributed by atoms with Crippen molar-refractivity contribution in [2.75, 3.05) is 18.4 Å². The Kier molecular flexibility index (Phi) is 6.24. The van der Waals surface area contributed by atoms with Crippen LogP contribution < -0.4 is 10.6 Å². The van der Waals surface area contributed by atoms with E-state index in [1.54, 1.807) is 0 Å². The van der Waals surface area contributed by atoms with Crippen LogP contribution in [0, 0.1) is 0 Å². The Labute approximate surface area is 153 Å². The van der Waals surface area contributed by atoms with E-state index < -0.39 is 0 Å². The van der Waals surface area contributed by atoms with Gasteiger partial charge in [-0.1, -0.05) is 25.0 Å². The van der Waals surface area contributed by atoms with Gasteiger partial charge in [0, 0.05) is 35.7 Å². The number of benzene rings is 1. The lowest BCUT2D eigenvalue weighted by Crippen LogP contribution is -2.44. The Morgan fingerprint density at radius 2 is 2.04 bits per heavy atom. The summed E-state index contributed by atoms with van der Waals surface area (Å²) in [4.78, 5) is 27.0. The topological polar surface area (TPSA) is 61.4 Å². The van der Waals surface area contributed by atoms with Crippen LogP contribution in [-0.4, -0.2) is 41.2 Å². The third-order valence-corrected chi connectivity index (χ3v) is 6.19. The molecule has 0 unspecified atom stereocenters. The highest BCUT2D eigenvalue weighted by Gasteiger charge is 2.23. The molecule has 0 aromatic heterocycles. The van der Waals surface area contributed by atoms with Gasteiger partial charge in [0.25, 0.3) is 0 Å². The molecule has 0 spiro atoms. The Balaban J connectivity index is 1.52. The van der Waals surface area contributed by atoms with Crippen molar-refractivity contribution >= 4 is 29.4 Å². The fourth-order valence-electron chi connectivity index (χ4n) is 3.51. The van der Waals surface area contributed by atoms with Crippen molar-refractivity contribution in [1.82, 2.24) is 10.2 Å². The molecular weight excluding hydrogens is 334 g/mol. The van der Waals surface area contributed by atoms with Crippen molar-refractivity contribution in [1.29, 1.82) is 0 Å². The molecule has 1 saturated heterocycles. The van der Waals surface area contributed by atoms with Gasteiger partial charge >= 0.3 is 6.03 Å². The Morgan fingerprint density at radius 3 is 2.76 bits per heavy atom. The maximum absolute atomic E-state index is 12.3. The molecule has 1 aromatic carbocycles. The molecule has 6 heteroatoms. The van der Waals surface area contributed by atoms with Crippen molar-refractivity contribution in [3.05, 3.63) is 24.3 Å². The van der Waals surface area contributed by atoms with E-state index in [0.717, 1.165) is 23.5 Å². The maximum atomic E-state index is 12.3. The fraction of sp³-hybridized carbons (Fsp3) is 0.579. The molecule has 2 fully saturated rings. The quantitative estimate of drug-likeness (QED) is 0.809. The van der Waals surface area contributed by atoms with Gasteiger partial charge in [-0.25, -0.2) is 4.79 Å². The van der Waals surface area contributed by atoms with Crippen LogP contribution in [-0.2, 0) is 4.79 Å². The van der Waals surface area contributed by atoms with E-state index in [1.165, 1.54) is 25.7 Å². The number of carbonyl (C=O) groups excluding carboxylic acids is 2. The van der Waals surface area contributed by atoms with Crippen molar-refractivity contribution in [2.45, 2.75) is 61.6 Å². The second-order valence-corrected chi connectivity index (χ2v) is 8.31. The normalized spacial score (nSPS) is 19.2. The number of amides is 3. The number of thioether (sulfide) groups is 1. The van der Waals surface area contributed by atoms with Crippen LogP contribution in [0.15, 0.2) is 29.2 Å². The highest BCUT2D eigenvalue weighted by molar-refractivity contribution is 8.00. The minimum Gasteiger partial charge on any atom is -0.341 e. The number of nitrogens with zero attached hydrogens (tertiary/aromatic N) is 1. The number of nitrogens with one attached hydrogen (secondary N) is 2. The number of para-hydroxylation sites is 1. The van der Waals surface area contributed by atoms with E-state index >= 15 is 0 Å². The van der Waals surface area contributed by atoms with E-state index in [1.807, 2.05) is 41.8 Å². The minimum atomic E-state index is -0.210. The number of hydrogen-bond acceptors (Lipinski definition) is 3. The highest BCUT2D eigenvalue weighted by Crippen LogP contribution is 2.37. The number of rotatable bonds is 6. The van der Waals surface area contributed by atoms with E-state index in [0.29, 0.717) is 18.2 Å². The van der Waals surface area contributed by atoms with Crippen LogP contribution in [0.3, 0.4) is 0 Å². The van der Waals surface area contributed by atoms with Crippen molar-refractivity contribution in [2.24, 2.45) is 0 Å². The first-order chi connectivity index (χ1) is 12.1. The molecule has 1 saturated carbocycles. The van der Waals surface area contributed by atoms with Crippen molar-refractivity contribution in [3.8, 4) is 0 Å². The standard InChI is InChI=1S/C19H27N3O2S/c1-14(13-22-12-6-11-18(22)23)20-19(24)21-16-9-4-5-10-17(16)25-15-7-2-3-8-15/h4-5,9-10,14-15H,2-3,6-8,11-13H2,1H3,(H2,20,21,24)/t14-/m0/s1. The molecule has 0 radical (unpaired) electrons.